The SMILES string of the molecule is CCOC(=O)c1c(NC(=O)CSc2nc(C)c(CC(N)=O)s2)sc2c1CCC(C)C2. The van der Waals surface area contributed by atoms with Crippen molar-refractivity contribution in [2.45, 2.75) is 50.8 Å². The molecule has 0 saturated carbocycles. The topological polar surface area (TPSA) is 111 Å². The summed E-state index contributed by atoms with van der Waals surface area (Å²) >= 11 is 4.15. The number of carbonyl (C=O) groups excluding carboxylic acids is 3. The van der Waals surface area contributed by atoms with Crippen molar-refractivity contribution in [2.75, 3.05) is 17.7 Å². The molecule has 1 aliphatic carbocycles. The van der Waals surface area contributed by atoms with Crippen LogP contribution in [0.1, 0.15) is 51.6 Å². The number of nitrogens with two attached hydrogens (primary N) is 1. The van der Waals surface area contributed by atoms with Crippen LogP contribution in [-0.2, 0) is 33.6 Å². The van der Waals surface area contributed by atoms with Gasteiger partial charge in [0, 0.05) is 9.75 Å². The third kappa shape index (κ3) is 5.41. The summed E-state index contributed by atoms with van der Waals surface area (Å²) in [5.41, 5.74) is 7.54. The van der Waals surface area contributed by atoms with Gasteiger partial charge in [-0.05, 0) is 44.6 Å². The number of fused-ring (bicyclic) bond motifs is 1. The molecule has 1 aliphatic rings. The first-order chi connectivity index (χ1) is 14.3. The van der Waals surface area contributed by atoms with Crippen molar-refractivity contribution in [3.63, 3.8) is 0 Å². The smallest absolute Gasteiger partial charge is 0.341 e. The van der Waals surface area contributed by atoms with Crippen LogP contribution in [0.25, 0.3) is 0 Å². The molecule has 0 radical (unpaired) electrons. The van der Waals surface area contributed by atoms with Crippen molar-refractivity contribution in [3.05, 3.63) is 26.6 Å². The van der Waals surface area contributed by atoms with Crippen molar-refractivity contribution < 1.29 is 19.1 Å². The molecule has 1 unspecified atom stereocenters. The van der Waals surface area contributed by atoms with Gasteiger partial charge in [0.05, 0.1) is 30.0 Å². The summed E-state index contributed by atoms with van der Waals surface area (Å²) in [5.74, 6) is -0.267. The highest BCUT2D eigenvalue weighted by Gasteiger charge is 2.29. The van der Waals surface area contributed by atoms with Gasteiger partial charge in [-0.2, -0.15) is 0 Å². The number of thiazole rings is 1. The number of aromatic nitrogens is 1. The van der Waals surface area contributed by atoms with Gasteiger partial charge in [-0.15, -0.1) is 22.7 Å². The summed E-state index contributed by atoms with van der Waals surface area (Å²) in [5, 5.41) is 3.48. The van der Waals surface area contributed by atoms with Crippen LogP contribution in [0.15, 0.2) is 4.34 Å². The lowest BCUT2D eigenvalue weighted by Gasteiger charge is -2.18. The molecule has 0 saturated heterocycles. The Kier molecular flexibility index (Phi) is 7.54. The Balaban J connectivity index is 1.70. The number of nitrogens with one attached hydrogen (secondary N) is 1. The van der Waals surface area contributed by atoms with E-state index in [-0.39, 0.29) is 24.1 Å². The van der Waals surface area contributed by atoms with E-state index >= 15 is 0 Å². The van der Waals surface area contributed by atoms with E-state index in [9.17, 15) is 14.4 Å². The van der Waals surface area contributed by atoms with Crippen molar-refractivity contribution in [3.8, 4) is 0 Å². The second-order valence-electron chi connectivity index (χ2n) is 7.24. The minimum Gasteiger partial charge on any atom is -0.462 e. The number of esters is 1. The van der Waals surface area contributed by atoms with E-state index in [4.69, 9.17) is 10.5 Å². The zero-order valence-electron chi connectivity index (χ0n) is 17.2. The zero-order valence-corrected chi connectivity index (χ0v) is 19.7. The first kappa shape index (κ1) is 22.8. The number of ether oxygens (including phenoxy) is 1. The van der Waals surface area contributed by atoms with Gasteiger partial charge in [0.15, 0.2) is 4.34 Å². The number of rotatable bonds is 8. The first-order valence-electron chi connectivity index (χ1n) is 9.77. The number of nitrogens with zero attached hydrogens (tertiary/aromatic N) is 1. The van der Waals surface area contributed by atoms with E-state index in [1.807, 2.05) is 6.92 Å². The number of thiophene rings is 1. The Bertz CT molecular complexity index is 967. The largest absolute Gasteiger partial charge is 0.462 e. The van der Waals surface area contributed by atoms with Crippen LogP contribution >= 0.6 is 34.4 Å². The third-order valence-electron chi connectivity index (χ3n) is 4.78. The van der Waals surface area contributed by atoms with Gasteiger partial charge in [-0.25, -0.2) is 9.78 Å². The number of carbonyl (C=O) groups is 3. The number of anilines is 1. The Morgan fingerprint density at radius 2 is 2.10 bits per heavy atom. The minimum atomic E-state index is -0.404. The van der Waals surface area contributed by atoms with Gasteiger partial charge in [-0.3, -0.25) is 9.59 Å². The fraction of sp³-hybridized carbons (Fsp3) is 0.500. The molecule has 162 valence electrons. The van der Waals surface area contributed by atoms with Crippen molar-refractivity contribution in [1.29, 1.82) is 0 Å². The van der Waals surface area contributed by atoms with Crippen LogP contribution in [0.2, 0.25) is 0 Å². The predicted octanol–water partition coefficient (Wildman–Crippen LogP) is 3.57. The molecule has 2 heterocycles. The minimum absolute atomic E-state index is 0.151. The van der Waals surface area contributed by atoms with Crippen LogP contribution in [0.4, 0.5) is 5.00 Å². The average Bonchev–Trinajstić information content (AvgIpc) is 3.19. The second kappa shape index (κ2) is 9.93. The Hall–Kier alpha value is -1.91. The first-order valence-corrected chi connectivity index (χ1v) is 12.4. The summed E-state index contributed by atoms with van der Waals surface area (Å²) in [6.45, 7) is 6.09. The molecule has 2 aromatic rings. The maximum atomic E-state index is 12.6. The molecule has 30 heavy (non-hydrogen) atoms. The zero-order chi connectivity index (χ0) is 21.8. The van der Waals surface area contributed by atoms with Gasteiger partial charge < -0.3 is 15.8 Å². The maximum absolute atomic E-state index is 12.6. The normalized spacial score (nSPS) is 15.5. The Morgan fingerprint density at radius 3 is 2.80 bits per heavy atom. The van der Waals surface area contributed by atoms with Gasteiger partial charge >= 0.3 is 5.97 Å². The average molecular weight is 468 g/mol. The van der Waals surface area contributed by atoms with Crippen LogP contribution < -0.4 is 11.1 Å². The van der Waals surface area contributed by atoms with Crippen LogP contribution in [0.3, 0.4) is 0 Å². The van der Waals surface area contributed by atoms with Gasteiger partial charge in [-0.1, -0.05) is 18.7 Å². The lowest BCUT2D eigenvalue weighted by Crippen LogP contribution is -2.17. The van der Waals surface area contributed by atoms with Crippen molar-refractivity contribution >= 4 is 57.2 Å². The number of hydrogen-bond donors (Lipinski definition) is 2. The van der Waals surface area contributed by atoms with E-state index < -0.39 is 5.91 Å². The quantitative estimate of drug-likeness (QED) is 0.453. The fourth-order valence-electron chi connectivity index (χ4n) is 3.33. The molecule has 0 aromatic carbocycles. The van der Waals surface area contributed by atoms with E-state index in [1.54, 1.807) is 6.92 Å². The molecule has 0 spiro atoms. The van der Waals surface area contributed by atoms with Crippen LogP contribution in [-0.4, -0.2) is 35.1 Å². The fourth-order valence-corrected chi connectivity index (χ4v) is 6.79. The standard InChI is InChI=1S/C20H25N3O4S3/c1-4-27-19(26)17-12-6-5-10(2)7-14(12)29-18(17)23-16(25)9-28-20-22-11(3)13(30-20)8-15(21)24/h10H,4-9H2,1-3H3,(H2,21,24)(H,23,25). The number of hydrogen-bond acceptors (Lipinski definition) is 8. The molecule has 10 heteroatoms. The molecule has 3 rings (SSSR count). The Morgan fingerprint density at radius 1 is 1.33 bits per heavy atom. The summed E-state index contributed by atoms with van der Waals surface area (Å²) in [6.07, 6.45) is 2.92. The highest BCUT2D eigenvalue weighted by Crippen LogP contribution is 2.40. The molecule has 2 aromatic heterocycles. The third-order valence-corrected chi connectivity index (χ3v) is 8.25. The lowest BCUT2D eigenvalue weighted by molar-refractivity contribution is -0.117. The molecular formula is C20H25N3O4S3. The summed E-state index contributed by atoms with van der Waals surface area (Å²) < 4.78 is 5.96. The van der Waals surface area contributed by atoms with Crippen molar-refractivity contribution in [2.24, 2.45) is 11.7 Å². The highest BCUT2D eigenvalue weighted by atomic mass is 32.2. The molecule has 1 atom stereocenters. The van der Waals surface area contributed by atoms with Gasteiger partial charge in [0.2, 0.25) is 11.8 Å². The second-order valence-corrected chi connectivity index (χ2v) is 10.7. The number of amides is 2. The Labute approximate surface area is 187 Å². The number of aryl methyl sites for hydroxylation is 1. The van der Waals surface area contributed by atoms with E-state index in [0.717, 1.165) is 40.3 Å². The monoisotopic (exact) mass is 467 g/mol. The van der Waals surface area contributed by atoms with E-state index in [0.29, 0.717) is 27.4 Å². The molecule has 0 aliphatic heterocycles. The van der Waals surface area contributed by atoms with Gasteiger partial charge in [0.25, 0.3) is 0 Å². The molecular weight excluding hydrogens is 442 g/mol. The van der Waals surface area contributed by atoms with Gasteiger partial charge in [0.1, 0.15) is 5.00 Å². The summed E-state index contributed by atoms with van der Waals surface area (Å²) in [7, 11) is 0. The molecule has 0 fully saturated rings. The lowest BCUT2D eigenvalue weighted by atomic mass is 9.88. The molecule has 7 nitrogen and oxygen atoms in total. The van der Waals surface area contributed by atoms with Crippen LogP contribution in [0, 0.1) is 12.8 Å². The predicted molar refractivity (Wildman–Crippen MR) is 121 cm³/mol. The number of primary amides is 1. The highest BCUT2D eigenvalue weighted by molar-refractivity contribution is 8.01. The number of thioether (sulfide) groups is 1. The summed E-state index contributed by atoms with van der Waals surface area (Å²) in [6, 6.07) is 0. The van der Waals surface area contributed by atoms with E-state index in [1.165, 1.54) is 34.4 Å². The van der Waals surface area contributed by atoms with Crippen molar-refractivity contribution in [1.82, 2.24) is 4.98 Å². The molecule has 2 amide bonds. The van der Waals surface area contributed by atoms with E-state index in [2.05, 4.69) is 17.2 Å². The van der Waals surface area contributed by atoms with Crippen LogP contribution in [0.5, 0.6) is 0 Å². The maximum Gasteiger partial charge on any atom is 0.341 e. The molecule has 0 bridgehead atoms. The summed E-state index contributed by atoms with van der Waals surface area (Å²) in [4.78, 5) is 42.6. The molecule has 3 N–H and O–H groups in total.